The van der Waals surface area contributed by atoms with Gasteiger partial charge < -0.3 is 4.42 Å². The summed E-state index contributed by atoms with van der Waals surface area (Å²) in [5.41, 5.74) is 4.97. The molecule has 3 heteroatoms. The standard InChI is InChI=1S/C13H18N2O/c1-3-4-11(15-14)13-8-10-7-9(2)5-6-12(10)16-13/h5-8,11,15H,3-4,14H2,1-2H3. The second kappa shape index (κ2) is 4.68. The molecule has 0 aliphatic carbocycles. The van der Waals surface area contributed by atoms with Gasteiger partial charge in [-0.15, -0.1) is 0 Å². The van der Waals surface area contributed by atoms with Crippen molar-refractivity contribution in [2.24, 2.45) is 5.84 Å². The Kier molecular flexibility index (Phi) is 3.27. The molecule has 86 valence electrons. The second-order valence-corrected chi connectivity index (χ2v) is 4.20. The Hall–Kier alpha value is -1.32. The lowest BCUT2D eigenvalue weighted by Gasteiger charge is -2.10. The highest BCUT2D eigenvalue weighted by molar-refractivity contribution is 5.78. The molecule has 0 saturated heterocycles. The summed E-state index contributed by atoms with van der Waals surface area (Å²) in [5, 5.41) is 1.14. The summed E-state index contributed by atoms with van der Waals surface area (Å²) in [4.78, 5) is 0. The van der Waals surface area contributed by atoms with E-state index < -0.39 is 0 Å². The molecule has 2 aromatic rings. The smallest absolute Gasteiger partial charge is 0.134 e. The van der Waals surface area contributed by atoms with Gasteiger partial charge in [0.25, 0.3) is 0 Å². The molecule has 1 aromatic heterocycles. The Morgan fingerprint density at radius 1 is 1.38 bits per heavy atom. The number of furan rings is 1. The topological polar surface area (TPSA) is 51.2 Å². The van der Waals surface area contributed by atoms with Crippen LogP contribution in [0.15, 0.2) is 28.7 Å². The predicted octanol–water partition coefficient (Wildman–Crippen LogP) is 3.05. The molecule has 2 rings (SSSR count). The fourth-order valence-electron chi connectivity index (χ4n) is 1.95. The number of hydrazine groups is 1. The van der Waals surface area contributed by atoms with E-state index >= 15 is 0 Å². The van der Waals surface area contributed by atoms with Crippen molar-refractivity contribution in [3.63, 3.8) is 0 Å². The van der Waals surface area contributed by atoms with Gasteiger partial charge in [0.05, 0.1) is 6.04 Å². The largest absolute Gasteiger partial charge is 0.459 e. The van der Waals surface area contributed by atoms with Crippen LogP contribution in [0.3, 0.4) is 0 Å². The fraction of sp³-hybridized carbons (Fsp3) is 0.385. The first-order valence-corrected chi connectivity index (χ1v) is 5.71. The number of aryl methyl sites for hydroxylation is 1. The highest BCUT2D eigenvalue weighted by atomic mass is 16.3. The molecule has 0 saturated carbocycles. The lowest BCUT2D eigenvalue weighted by atomic mass is 10.1. The number of nitrogens with two attached hydrogens (primary N) is 1. The van der Waals surface area contributed by atoms with Crippen molar-refractivity contribution in [1.29, 1.82) is 0 Å². The van der Waals surface area contributed by atoms with E-state index in [0.717, 1.165) is 29.6 Å². The van der Waals surface area contributed by atoms with Crippen molar-refractivity contribution >= 4 is 11.0 Å². The van der Waals surface area contributed by atoms with Crippen molar-refractivity contribution in [2.75, 3.05) is 0 Å². The number of nitrogens with one attached hydrogen (secondary N) is 1. The average molecular weight is 218 g/mol. The summed E-state index contributed by atoms with van der Waals surface area (Å²) < 4.78 is 5.79. The molecule has 1 aromatic carbocycles. The monoisotopic (exact) mass is 218 g/mol. The lowest BCUT2D eigenvalue weighted by molar-refractivity contribution is 0.414. The molecular formula is C13H18N2O. The van der Waals surface area contributed by atoms with Crippen LogP contribution in [0.1, 0.15) is 37.1 Å². The maximum absolute atomic E-state index is 5.79. The van der Waals surface area contributed by atoms with Gasteiger partial charge >= 0.3 is 0 Å². The van der Waals surface area contributed by atoms with Gasteiger partial charge in [-0.05, 0) is 31.5 Å². The maximum Gasteiger partial charge on any atom is 0.134 e. The van der Waals surface area contributed by atoms with Crippen LogP contribution < -0.4 is 11.3 Å². The molecule has 1 heterocycles. The maximum atomic E-state index is 5.79. The highest BCUT2D eigenvalue weighted by Gasteiger charge is 2.13. The Balaban J connectivity index is 2.37. The fourth-order valence-corrected chi connectivity index (χ4v) is 1.95. The summed E-state index contributed by atoms with van der Waals surface area (Å²) >= 11 is 0. The number of hydrogen-bond donors (Lipinski definition) is 2. The molecule has 3 N–H and O–H groups in total. The van der Waals surface area contributed by atoms with Crippen LogP contribution >= 0.6 is 0 Å². The molecule has 0 fully saturated rings. The number of fused-ring (bicyclic) bond motifs is 1. The first-order valence-electron chi connectivity index (χ1n) is 5.71. The van der Waals surface area contributed by atoms with Crippen molar-refractivity contribution in [3.05, 3.63) is 35.6 Å². The van der Waals surface area contributed by atoms with Gasteiger partial charge in [-0.2, -0.15) is 0 Å². The minimum Gasteiger partial charge on any atom is -0.459 e. The number of benzene rings is 1. The third kappa shape index (κ3) is 2.10. The zero-order valence-corrected chi connectivity index (χ0v) is 9.79. The Bertz CT molecular complexity index is 476. The van der Waals surface area contributed by atoms with Gasteiger partial charge in [0.2, 0.25) is 0 Å². The molecular weight excluding hydrogens is 200 g/mol. The van der Waals surface area contributed by atoms with Crippen LogP contribution in [0.25, 0.3) is 11.0 Å². The van der Waals surface area contributed by atoms with Crippen molar-refractivity contribution in [1.82, 2.24) is 5.43 Å². The van der Waals surface area contributed by atoms with E-state index in [2.05, 4.69) is 37.5 Å². The minimum absolute atomic E-state index is 0.109. The molecule has 16 heavy (non-hydrogen) atoms. The summed E-state index contributed by atoms with van der Waals surface area (Å²) in [7, 11) is 0. The van der Waals surface area contributed by atoms with Crippen LogP contribution in [0.5, 0.6) is 0 Å². The summed E-state index contributed by atoms with van der Waals surface area (Å²) in [6.45, 7) is 4.22. The minimum atomic E-state index is 0.109. The van der Waals surface area contributed by atoms with E-state index in [-0.39, 0.29) is 6.04 Å². The first-order chi connectivity index (χ1) is 7.74. The van der Waals surface area contributed by atoms with E-state index in [1.54, 1.807) is 0 Å². The number of hydrogen-bond acceptors (Lipinski definition) is 3. The highest BCUT2D eigenvalue weighted by Crippen LogP contribution is 2.26. The molecule has 0 bridgehead atoms. The van der Waals surface area contributed by atoms with E-state index in [1.807, 2.05) is 6.07 Å². The molecule has 0 radical (unpaired) electrons. The molecule has 0 spiro atoms. The second-order valence-electron chi connectivity index (χ2n) is 4.20. The van der Waals surface area contributed by atoms with Gasteiger partial charge in [0, 0.05) is 5.39 Å². The van der Waals surface area contributed by atoms with Gasteiger partial charge in [-0.1, -0.05) is 25.0 Å². The summed E-state index contributed by atoms with van der Waals surface area (Å²) in [6.07, 6.45) is 2.06. The first kappa shape index (κ1) is 11.2. The Morgan fingerprint density at radius 3 is 2.88 bits per heavy atom. The van der Waals surface area contributed by atoms with Crippen molar-refractivity contribution in [3.8, 4) is 0 Å². The molecule has 0 aliphatic rings. The Morgan fingerprint density at radius 2 is 2.19 bits per heavy atom. The van der Waals surface area contributed by atoms with Gasteiger partial charge in [0.15, 0.2) is 0 Å². The normalized spacial score (nSPS) is 13.2. The molecule has 1 atom stereocenters. The van der Waals surface area contributed by atoms with Gasteiger partial charge in [-0.3, -0.25) is 5.84 Å². The summed E-state index contributed by atoms with van der Waals surface area (Å²) in [5.74, 6) is 6.45. The van der Waals surface area contributed by atoms with Crippen LogP contribution in [-0.4, -0.2) is 0 Å². The number of rotatable bonds is 4. The molecule has 0 amide bonds. The SMILES string of the molecule is CCCC(NN)c1cc2cc(C)ccc2o1. The van der Waals surface area contributed by atoms with Crippen molar-refractivity contribution < 1.29 is 4.42 Å². The molecule has 0 aliphatic heterocycles. The average Bonchev–Trinajstić information content (AvgIpc) is 2.68. The summed E-state index contributed by atoms with van der Waals surface area (Å²) in [6, 6.07) is 8.37. The van der Waals surface area contributed by atoms with E-state index in [1.165, 1.54) is 5.56 Å². The zero-order chi connectivity index (χ0) is 11.5. The zero-order valence-electron chi connectivity index (χ0n) is 9.79. The quantitative estimate of drug-likeness (QED) is 0.612. The van der Waals surface area contributed by atoms with Crippen molar-refractivity contribution in [2.45, 2.75) is 32.7 Å². The third-order valence-corrected chi connectivity index (χ3v) is 2.81. The van der Waals surface area contributed by atoms with Crippen LogP contribution in [0.4, 0.5) is 0 Å². The molecule has 3 nitrogen and oxygen atoms in total. The van der Waals surface area contributed by atoms with Crippen LogP contribution in [0.2, 0.25) is 0 Å². The van der Waals surface area contributed by atoms with E-state index in [0.29, 0.717) is 0 Å². The lowest BCUT2D eigenvalue weighted by Crippen LogP contribution is -2.27. The van der Waals surface area contributed by atoms with Crippen LogP contribution in [0, 0.1) is 6.92 Å². The third-order valence-electron chi connectivity index (χ3n) is 2.81. The van der Waals surface area contributed by atoms with E-state index in [9.17, 15) is 0 Å². The predicted molar refractivity (Wildman–Crippen MR) is 65.9 cm³/mol. The van der Waals surface area contributed by atoms with E-state index in [4.69, 9.17) is 10.3 Å². The molecule has 1 unspecified atom stereocenters. The van der Waals surface area contributed by atoms with Gasteiger partial charge in [-0.25, -0.2) is 5.43 Å². The van der Waals surface area contributed by atoms with Crippen LogP contribution in [-0.2, 0) is 0 Å². The van der Waals surface area contributed by atoms with Gasteiger partial charge in [0.1, 0.15) is 11.3 Å². The Labute approximate surface area is 95.6 Å².